The molecule has 0 radical (unpaired) electrons. The van der Waals surface area contributed by atoms with E-state index >= 15 is 0 Å². The number of imidazole rings is 1. The number of rotatable bonds is 2. The first kappa shape index (κ1) is 9.65. The van der Waals surface area contributed by atoms with E-state index in [-0.39, 0.29) is 5.75 Å². The molecule has 17 heavy (non-hydrogen) atoms. The molecular weight excluding hydrogens is 216 g/mol. The maximum Gasteiger partial charge on any atom is 0.155 e. The average Bonchev–Trinajstić information content (AvgIpc) is 2.76. The molecule has 0 saturated heterocycles. The Morgan fingerprint density at radius 2 is 2.00 bits per heavy atom. The van der Waals surface area contributed by atoms with Gasteiger partial charge < -0.3 is 10.4 Å². The molecule has 0 bridgehead atoms. The molecule has 5 heteroatoms. The summed E-state index contributed by atoms with van der Waals surface area (Å²) < 4.78 is 1.67. The van der Waals surface area contributed by atoms with Crippen molar-refractivity contribution in [3.05, 3.63) is 48.8 Å². The number of phenolic OH excluding ortho intramolecular Hbond substituents is 1. The van der Waals surface area contributed by atoms with Crippen LogP contribution in [0.15, 0.2) is 48.8 Å². The molecule has 0 aliphatic heterocycles. The third kappa shape index (κ3) is 1.67. The number of aromatic nitrogens is 3. The molecule has 0 spiro atoms. The monoisotopic (exact) mass is 226 g/mol. The number of anilines is 2. The number of hydrogen-bond acceptors (Lipinski definition) is 4. The summed E-state index contributed by atoms with van der Waals surface area (Å²) in [7, 11) is 0. The normalized spacial score (nSPS) is 10.6. The van der Waals surface area contributed by atoms with Crippen molar-refractivity contribution in [3.63, 3.8) is 0 Å². The van der Waals surface area contributed by atoms with Crippen LogP contribution in [0.25, 0.3) is 5.65 Å². The number of fused-ring (bicyclic) bond motifs is 1. The first-order valence-electron chi connectivity index (χ1n) is 5.18. The molecule has 5 nitrogen and oxygen atoms in total. The lowest BCUT2D eigenvalue weighted by Crippen LogP contribution is -1.97. The van der Waals surface area contributed by atoms with Crippen molar-refractivity contribution in [1.82, 2.24) is 14.6 Å². The van der Waals surface area contributed by atoms with Crippen LogP contribution in [0.3, 0.4) is 0 Å². The van der Waals surface area contributed by atoms with E-state index in [0.717, 1.165) is 5.65 Å². The van der Waals surface area contributed by atoms with Crippen LogP contribution in [0.4, 0.5) is 11.5 Å². The van der Waals surface area contributed by atoms with Crippen LogP contribution in [0.2, 0.25) is 0 Å². The van der Waals surface area contributed by atoms with Crippen molar-refractivity contribution in [2.75, 3.05) is 5.32 Å². The molecule has 1 aromatic carbocycles. The van der Waals surface area contributed by atoms with Gasteiger partial charge in [-0.05, 0) is 24.3 Å². The average molecular weight is 226 g/mol. The van der Waals surface area contributed by atoms with Gasteiger partial charge in [-0.1, -0.05) is 12.1 Å². The molecule has 0 atom stereocenters. The van der Waals surface area contributed by atoms with Gasteiger partial charge in [-0.15, -0.1) is 0 Å². The Morgan fingerprint density at radius 1 is 1.12 bits per heavy atom. The van der Waals surface area contributed by atoms with E-state index in [1.54, 1.807) is 35.1 Å². The molecule has 0 fully saturated rings. The second-order valence-electron chi connectivity index (χ2n) is 3.58. The molecule has 2 heterocycles. The lowest BCUT2D eigenvalue weighted by Gasteiger charge is -2.06. The van der Waals surface area contributed by atoms with Gasteiger partial charge in [-0.3, -0.25) is 0 Å². The lowest BCUT2D eigenvalue weighted by molar-refractivity contribution is 0.477. The van der Waals surface area contributed by atoms with Crippen molar-refractivity contribution < 1.29 is 5.11 Å². The maximum atomic E-state index is 9.67. The smallest absolute Gasteiger partial charge is 0.155 e. The summed E-state index contributed by atoms with van der Waals surface area (Å²) in [6.07, 6.45) is 3.36. The maximum absolute atomic E-state index is 9.67. The third-order valence-corrected chi connectivity index (χ3v) is 2.44. The molecule has 84 valence electrons. The summed E-state index contributed by atoms with van der Waals surface area (Å²) in [6.45, 7) is 0. The molecule has 0 saturated carbocycles. The van der Waals surface area contributed by atoms with Crippen LogP contribution >= 0.6 is 0 Å². The van der Waals surface area contributed by atoms with Crippen molar-refractivity contribution in [2.45, 2.75) is 0 Å². The highest BCUT2D eigenvalue weighted by Crippen LogP contribution is 2.25. The van der Waals surface area contributed by atoms with E-state index in [9.17, 15) is 5.11 Å². The number of hydrogen-bond donors (Lipinski definition) is 2. The zero-order valence-electron chi connectivity index (χ0n) is 8.91. The first-order chi connectivity index (χ1) is 8.34. The van der Waals surface area contributed by atoms with Crippen LogP contribution < -0.4 is 5.32 Å². The van der Waals surface area contributed by atoms with E-state index in [1.807, 2.05) is 18.2 Å². The van der Waals surface area contributed by atoms with Crippen molar-refractivity contribution in [3.8, 4) is 5.75 Å². The minimum Gasteiger partial charge on any atom is -0.506 e. The molecule has 2 aromatic heterocycles. The number of benzene rings is 1. The molecular formula is C12H10N4O. The van der Waals surface area contributed by atoms with Crippen LogP contribution in [-0.2, 0) is 0 Å². The summed E-state index contributed by atoms with van der Waals surface area (Å²) in [5.74, 6) is 0.903. The van der Waals surface area contributed by atoms with Crippen molar-refractivity contribution in [2.24, 2.45) is 0 Å². The van der Waals surface area contributed by atoms with Crippen LogP contribution in [0, 0.1) is 0 Å². The van der Waals surface area contributed by atoms with Gasteiger partial charge in [0, 0.05) is 6.20 Å². The van der Waals surface area contributed by atoms with Crippen molar-refractivity contribution in [1.29, 1.82) is 0 Å². The predicted molar refractivity (Wildman–Crippen MR) is 64.4 cm³/mol. The minimum absolute atomic E-state index is 0.193. The Hall–Kier alpha value is -2.56. The predicted octanol–water partition coefficient (Wildman–Crippen LogP) is 2.18. The molecule has 0 amide bonds. The van der Waals surface area contributed by atoms with E-state index in [1.165, 1.54) is 0 Å². The Bertz CT molecular complexity index is 662. The summed E-state index contributed by atoms with van der Waals surface area (Å²) in [4.78, 5) is 4.20. The highest BCUT2D eigenvalue weighted by atomic mass is 16.3. The van der Waals surface area contributed by atoms with Crippen LogP contribution in [0.1, 0.15) is 0 Å². The zero-order chi connectivity index (χ0) is 11.7. The first-order valence-corrected chi connectivity index (χ1v) is 5.18. The lowest BCUT2D eigenvalue weighted by atomic mass is 10.3. The Balaban J connectivity index is 2.03. The fraction of sp³-hybridized carbons (Fsp3) is 0. The minimum atomic E-state index is 0.193. The molecule has 3 aromatic rings. The van der Waals surface area contributed by atoms with Gasteiger partial charge in [0.25, 0.3) is 0 Å². The highest BCUT2D eigenvalue weighted by Gasteiger charge is 2.05. The molecule has 0 aliphatic carbocycles. The van der Waals surface area contributed by atoms with E-state index in [4.69, 9.17) is 0 Å². The van der Waals surface area contributed by atoms with E-state index in [2.05, 4.69) is 15.4 Å². The summed E-state index contributed by atoms with van der Waals surface area (Å²) in [6, 6.07) is 10.7. The fourth-order valence-electron chi connectivity index (χ4n) is 1.63. The molecule has 2 N–H and O–H groups in total. The Labute approximate surface area is 97.4 Å². The third-order valence-electron chi connectivity index (χ3n) is 2.44. The van der Waals surface area contributed by atoms with Crippen LogP contribution in [0.5, 0.6) is 5.75 Å². The van der Waals surface area contributed by atoms with Gasteiger partial charge >= 0.3 is 0 Å². The standard InChI is InChI=1S/C12H10N4O/c17-10-5-2-1-4-9(10)15-12-8-13-11-6-3-7-14-16(11)12/h1-8,15,17H. The number of aromatic hydroxyl groups is 1. The number of phenols is 1. The summed E-state index contributed by atoms with van der Waals surface area (Å²) in [5, 5.41) is 16.9. The number of nitrogens with zero attached hydrogens (tertiary/aromatic N) is 3. The molecule has 3 rings (SSSR count). The van der Waals surface area contributed by atoms with Gasteiger partial charge in [0.2, 0.25) is 0 Å². The van der Waals surface area contributed by atoms with Gasteiger partial charge in [-0.25, -0.2) is 4.98 Å². The number of para-hydroxylation sites is 2. The SMILES string of the molecule is Oc1ccccc1Nc1cnc2cccnn12. The van der Waals surface area contributed by atoms with Gasteiger partial charge in [-0.2, -0.15) is 9.61 Å². The topological polar surface area (TPSA) is 62.5 Å². The zero-order valence-corrected chi connectivity index (χ0v) is 8.91. The van der Waals surface area contributed by atoms with Gasteiger partial charge in [0.15, 0.2) is 11.5 Å². The van der Waals surface area contributed by atoms with Gasteiger partial charge in [0.05, 0.1) is 11.9 Å². The Morgan fingerprint density at radius 3 is 2.88 bits per heavy atom. The fourth-order valence-corrected chi connectivity index (χ4v) is 1.63. The highest BCUT2D eigenvalue weighted by molar-refractivity contribution is 5.65. The van der Waals surface area contributed by atoms with Gasteiger partial charge in [0.1, 0.15) is 5.75 Å². The second kappa shape index (κ2) is 3.79. The Kier molecular flexibility index (Phi) is 2.15. The van der Waals surface area contributed by atoms with E-state index < -0.39 is 0 Å². The molecule has 0 unspecified atom stereocenters. The second-order valence-corrected chi connectivity index (χ2v) is 3.58. The molecule has 0 aliphatic rings. The quantitative estimate of drug-likeness (QED) is 0.657. The van der Waals surface area contributed by atoms with Crippen molar-refractivity contribution >= 4 is 17.2 Å². The van der Waals surface area contributed by atoms with Crippen LogP contribution in [-0.4, -0.2) is 19.7 Å². The van der Waals surface area contributed by atoms with E-state index in [0.29, 0.717) is 11.5 Å². The summed E-state index contributed by atoms with van der Waals surface area (Å²) >= 11 is 0. The largest absolute Gasteiger partial charge is 0.506 e. The number of nitrogens with one attached hydrogen (secondary N) is 1. The summed E-state index contributed by atoms with van der Waals surface area (Å²) in [5.41, 5.74) is 1.38.